The van der Waals surface area contributed by atoms with Crippen LogP contribution in [0.25, 0.3) is 0 Å². The number of fused-ring (bicyclic) bond motifs is 1. The highest BCUT2D eigenvalue weighted by molar-refractivity contribution is 7.91. The fraction of sp³-hybridized carbons (Fsp3) is 0.500. The third-order valence-corrected chi connectivity index (χ3v) is 5.18. The molecule has 0 saturated heterocycles. The molecule has 0 bridgehead atoms. The Labute approximate surface area is 119 Å². The van der Waals surface area contributed by atoms with E-state index in [2.05, 4.69) is 10.6 Å². The fourth-order valence-corrected chi connectivity index (χ4v) is 2.98. The highest BCUT2D eigenvalue weighted by Crippen LogP contribution is 2.25. The van der Waals surface area contributed by atoms with Crippen LogP contribution < -0.4 is 10.6 Å². The normalized spacial score (nSPS) is 14.2. The lowest BCUT2D eigenvalue weighted by Crippen LogP contribution is -2.30. The Bertz CT molecular complexity index is 596. The first-order valence-corrected chi connectivity index (χ1v) is 8.70. The lowest BCUT2D eigenvalue weighted by atomic mass is 9.97. The van der Waals surface area contributed by atoms with Gasteiger partial charge in [0.1, 0.15) is 0 Å². The number of hydrogen-bond acceptors (Lipinski definition) is 4. The topological polar surface area (TPSA) is 75.3 Å². The summed E-state index contributed by atoms with van der Waals surface area (Å²) in [5.41, 5.74) is 2.67. The summed E-state index contributed by atoms with van der Waals surface area (Å²) in [6, 6.07) is 5.59. The number of carbonyl (C=O) groups excluding carboxylic acids is 1. The summed E-state index contributed by atoms with van der Waals surface area (Å²) >= 11 is 0. The minimum atomic E-state index is -3.04. The molecule has 0 spiro atoms. The molecule has 1 amide bonds. The maximum Gasteiger partial charge on any atom is 0.251 e. The van der Waals surface area contributed by atoms with Crippen molar-refractivity contribution < 1.29 is 13.2 Å². The van der Waals surface area contributed by atoms with E-state index >= 15 is 0 Å². The fourth-order valence-electron chi connectivity index (χ4n) is 2.28. The largest absolute Gasteiger partial charge is 0.385 e. The molecule has 5 nitrogen and oxygen atoms in total. The van der Waals surface area contributed by atoms with Crippen molar-refractivity contribution in [3.63, 3.8) is 0 Å². The van der Waals surface area contributed by atoms with Gasteiger partial charge < -0.3 is 10.6 Å². The van der Waals surface area contributed by atoms with E-state index in [1.165, 1.54) is 0 Å². The van der Waals surface area contributed by atoms with E-state index in [1.54, 1.807) is 13.0 Å². The van der Waals surface area contributed by atoms with Gasteiger partial charge in [-0.3, -0.25) is 4.79 Å². The maximum atomic E-state index is 12.2. The molecule has 0 unspecified atom stereocenters. The molecule has 1 aromatic rings. The van der Waals surface area contributed by atoms with E-state index in [1.807, 2.05) is 12.1 Å². The van der Waals surface area contributed by atoms with Crippen LogP contribution in [0.15, 0.2) is 18.2 Å². The lowest BCUT2D eigenvalue weighted by Gasteiger charge is -2.20. The molecule has 0 atom stereocenters. The van der Waals surface area contributed by atoms with Gasteiger partial charge in [0.05, 0.1) is 5.75 Å². The first kappa shape index (κ1) is 14.8. The van der Waals surface area contributed by atoms with Crippen molar-refractivity contribution in [3.05, 3.63) is 29.3 Å². The summed E-state index contributed by atoms with van der Waals surface area (Å²) in [6.45, 7) is 2.69. The van der Waals surface area contributed by atoms with Crippen LogP contribution in [0.4, 0.5) is 5.69 Å². The predicted octanol–water partition coefficient (Wildman–Crippen LogP) is 1.21. The van der Waals surface area contributed by atoms with E-state index in [0.29, 0.717) is 5.56 Å². The van der Waals surface area contributed by atoms with E-state index in [9.17, 15) is 13.2 Å². The zero-order valence-electron chi connectivity index (χ0n) is 11.6. The molecule has 6 heteroatoms. The predicted molar refractivity (Wildman–Crippen MR) is 79.9 cm³/mol. The Morgan fingerprint density at radius 1 is 1.40 bits per heavy atom. The number of anilines is 1. The van der Waals surface area contributed by atoms with Crippen LogP contribution in [0.2, 0.25) is 0 Å². The first-order chi connectivity index (χ1) is 9.53. The molecule has 0 aromatic heterocycles. The second kappa shape index (κ2) is 6.26. The Kier molecular flexibility index (Phi) is 4.65. The van der Waals surface area contributed by atoms with Gasteiger partial charge in [0, 0.05) is 30.1 Å². The van der Waals surface area contributed by atoms with E-state index < -0.39 is 9.84 Å². The summed E-state index contributed by atoms with van der Waals surface area (Å²) in [5, 5.41) is 5.97. The van der Waals surface area contributed by atoms with Gasteiger partial charge >= 0.3 is 0 Å². The number of hydrogen-bond donors (Lipinski definition) is 2. The highest BCUT2D eigenvalue weighted by Gasteiger charge is 2.17. The number of sulfone groups is 1. The monoisotopic (exact) mass is 296 g/mol. The molecule has 2 rings (SSSR count). The number of carbonyl (C=O) groups is 1. The molecule has 1 aliphatic heterocycles. The van der Waals surface area contributed by atoms with Gasteiger partial charge in [-0.15, -0.1) is 0 Å². The smallest absolute Gasteiger partial charge is 0.251 e. The average Bonchev–Trinajstić information content (AvgIpc) is 2.46. The molecule has 110 valence electrons. The van der Waals surface area contributed by atoms with Crippen LogP contribution in [0, 0.1) is 0 Å². The van der Waals surface area contributed by atoms with Crippen molar-refractivity contribution in [1.82, 2.24) is 5.32 Å². The first-order valence-electron chi connectivity index (χ1n) is 6.88. The molecule has 2 N–H and O–H groups in total. The van der Waals surface area contributed by atoms with Crippen LogP contribution >= 0.6 is 0 Å². The Morgan fingerprint density at radius 2 is 2.20 bits per heavy atom. The van der Waals surface area contributed by atoms with Gasteiger partial charge in [-0.05, 0) is 30.5 Å². The molecular formula is C14H20N2O3S. The van der Waals surface area contributed by atoms with E-state index in [0.717, 1.165) is 30.6 Å². The summed E-state index contributed by atoms with van der Waals surface area (Å²) in [4.78, 5) is 12.2. The van der Waals surface area contributed by atoms with Gasteiger partial charge in [0.15, 0.2) is 9.84 Å². The van der Waals surface area contributed by atoms with Crippen LogP contribution in [-0.4, -0.2) is 38.9 Å². The molecule has 1 aliphatic rings. The highest BCUT2D eigenvalue weighted by atomic mass is 32.2. The number of benzene rings is 1. The van der Waals surface area contributed by atoms with Crippen molar-refractivity contribution in [2.24, 2.45) is 0 Å². The number of amides is 1. The van der Waals surface area contributed by atoms with E-state index in [-0.39, 0.29) is 24.0 Å². The van der Waals surface area contributed by atoms with Gasteiger partial charge in [0.2, 0.25) is 0 Å². The minimum Gasteiger partial charge on any atom is -0.385 e. The summed E-state index contributed by atoms with van der Waals surface area (Å²) in [5.74, 6) is -0.104. The maximum absolute atomic E-state index is 12.2. The molecule has 1 aromatic carbocycles. The van der Waals surface area contributed by atoms with Crippen molar-refractivity contribution in [3.8, 4) is 0 Å². The third-order valence-electron chi connectivity index (χ3n) is 3.48. The summed E-state index contributed by atoms with van der Waals surface area (Å²) in [7, 11) is -3.04. The van der Waals surface area contributed by atoms with Crippen molar-refractivity contribution >= 4 is 21.4 Å². The molecule has 0 fully saturated rings. The van der Waals surface area contributed by atoms with Gasteiger partial charge in [0.25, 0.3) is 5.91 Å². The molecule has 1 heterocycles. The SMILES string of the molecule is CCS(=O)(=O)CCNC(=O)c1cccc2c1CCCN2. The zero-order valence-corrected chi connectivity index (χ0v) is 12.4. The third kappa shape index (κ3) is 3.50. The van der Waals surface area contributed by atoms with Crippen LogP contribution in [0.1, 0.15) is 29.3 Å². The Hall–Kier alpha value is -1.56. The Morgan fingerprint density at radius 3 is 2.95 bits per heavy atom. The van der Waals surface area contributed by atoms with Gasteiger partial charge in [-0.1, -0.05) is 13.0 Å². The van der Waals surface area contributed by atoms with Crippen LogP contribution in [-0.2, 0) is 16.3 Å². The van der Waals surface area contributed by atoms with Gasteiger partial charge in [-0.25, -0.2) is 8.42 Å². The van der Waals surface area contributed by atoms with Gasteiger partial charge in [-0.2, -0.15) is 0 Å². The van der Waals surface area contributed by atoms with E-state index in [4.69, 9.17) is 0 Å². The lowest BCUT2D eigenvalue weighted by molar-refractivity contribution is 0.0955. The Balaban J connectivity index is 2.03. The van der Waals surface area contributed by atoms with Crippen molar-refractivity contribution in [2.45, 2.75) is 19.8 Å². The second-order valence-corrected chi connectivity index (χ2v) is 7.33. The molecule has 0 aliphatic carbocycles. The second-order valence-electron chi connectivity index (χ2n) is 4.85. The standard InChI is InChI=1S/C14H20N2O3S/c1-2-20(18,19)10-9-16-14(17)12-5-3-7-13-11(12)6-4-8-15-13/h3,5,7,15H,2,4,6,8-10H2,1H3,(H,16,17). The molecule has 0 radical (unpaired) electrons. The number of nitrogens with one attached hydrogen (secondary N) is 2. The molecule has 0 saturated carbocycles. The quantitative estimate of drug-likeness (QED) is 0.856. The average molecular weight is 296 g/mol. The number of rotatable bonds is 5. The van der Waals surface area contributed by atoms with Crippen molar-refractivity contribution in [1.29, 1.82) is 0 Å². The zero-order chi connectivity index (χ0) is 14.6. The minimum absolute atomic E-state index is 0.0114. The van der Waals surface area contributed by atoms with Crippen LogP contribution in [0.5, 0.6) is 0 Å². The summed E-state index contributed by atoms with van der Waals surface area (Å²) < 4.78 is 22.8. The van der Waals surface area contributed by atoms with Crippen LogP contribution in [0.3, 0.4) is 0 Å². The summed E-state index contributed by atoms with van der Waals surface area (Å²) in [6.07, 6.45) is 1.88. The molecular weight excluding hydrogens is 276 g/mol. The molecule has 20 heavy (non-hydrogen) atoms. The van der Waals surface area contributed by atoms with Crippen molar-refractivity contribution in [2.75, 3.05) is 29.9 Å².